The van der Waals surface area contributed by atoms with Crippen molar-refractivity contribution >= 4 is 17.8 Å². The average Bonchev–Trinajstić information content (AvgIpc) is 2.67. The molecule has 0 fully saturated rings. The van der Waals surface area contributed by atoms with E-state index in [1.807, 2.05) is 48.5 Å². The third-order valence-corrected chi connectivity index (χ3v) is 4.14. The molecule has 0 unspecified atom stereocenters. The van der Waals surface area contributed by atoms with E-state index in [9.17, 15) is 0 Å². The molecule has 0 saturated heterocycles. The van der Waals surface area contributed by atoms with Gasteiger partial charge in [0.25, 0.3) is 0 Å². The van der Waals surface area contributed by atoms with E-state index < -0.39 is 0 Å². The number of hydrazone groups is 1. The first-order valence-corrected chi connectivity index (χ1v) is 8.85. The third-order valence-electron chi connectivity index (χ3n) is 3.89. The monoisotopic (exact) mass is 364 g/mol. The maximum Gasteiger partial charge on any atom is 0.120 e. The minimum Gasteiger partial charge on any atom is -0.489 e. The summed E-state index contributed by atoms with van der Waals surface area (Å²) in [5.41, 5.74) is 7.55. The highest BCUT2D eigenvalue weighted by molar-refractivity contribution is 6.30. The third kappa shape index (κ3) is 5.64. The first-order chi connectivity index (χ1) is 12.7. The lowest BCUT2D eigenvalue weighted by Crippen LogP contribution is -2.05. The number of hydrogen-bond donors (Lipinski definition) is 1. The number of hydrogen-bond acceptors (Lipinski definition) is 3. The van der Waals surface area contributed by atoms with Crippen molar-refractivity contribution in [2.45, 2.75) is 20.1 Å². The predicted molar refractivity (Wildman–Crippen MR) is 108 cm³/mol. The van der Waals surface area contributed by atoms with Crippen molar-refractivity contribution in [3.8, 4) is 5.75 Å². The van der Waals surface area contributed by atoms with Gasteiger partial charge in [0.15, 0.2) is 0 Å². The summed E-state index contributed by atoms with van der Waals surface area (Å²) < 4.78 is 5.86. The zero-order chi connectivity index (χ0) is 18.2. The van der Waals surface area contributed by atoms with Gasteiger partial charge < -0.3 is 10.2 Å². The number of ether oxygens (including phenoxy) is 1. The summed E-state index contributed by atoms with van der Waals surface area (Å²) in [5, 5.41) is 5.00. The van der Waals surface area contributed by atoms with Crippen LogP contribution in [0.4, 0.5) is 0 Å². The van der Waals surface area contributed by atoms with Crippen molar-refractivity contribution in [2.24, 2.45) is 5.10 Å². The maximum absolute atomic E-state index is 5.88. The van der Waals surface area contributed by atoms with Gasteiger partial charge in [-0.15, -0.1) is 0 Å². The summed E-state index contributed by atoms with van der Waals surface area (Å²) in [5.74, 6) is 0.826. The second-order valence-corrected chi connectivity index (χ2v) is 6.50. The van der Waals surface area contributed by atoms with Crippen LogP contribution in [0.15, 0.2) is 77.9 Å². The molecule has 0 atom stereocenters. The van der Waals surface area contributed by atoms with Gasteiger partial charge in [-0.1, -0.05) is 65.7 Å². The fraction of sp³-hybridized carbons (Fsp3) is 0.136. The van der Waals surface area contributed by atoms with Crippen LogP contribution in [0.2, 0.25) is 5.02 Å². The topological polar surface area (TPSA) is 33.6 Å². The Morgan fingerprint density at radius 2 is 1.69 bits per heavy atom. The lowest BCUT2D eigenvalue weighted by atomic mass is 10.2. The molecule has 0 amide bonds. The van der Waals surface area contributed by atoms with Crippen molar-refractivity contribution in [3.63, 3.8) is 0 Å². The predicted octanol–water partition coefficient (Wildman–Crippen LogP) is 5.35. The Morgan fingerprint density at radius 1 is 0.962 bits per heavy atom. The molecule has 0 saturated carbocycles. The van der Waals surface area contributed by atoms with Crippen LogP contribution in [0.25, 0.3) is 0 Å². The van der Waals surface area contributed by atoms with Crippen LogP contribution >= 0.6 is 11.6 Å². The van der Waals surface area contributed by atoms with Crippen molar-refractivity contribution in [3.05, 3.63) is 100 Å². The Morgan fingerprint density at radius 3 is 2.46 bits per heavy atom. The summed E-state index contributed by atoms with van der Waals surface area (Å²) in [4.78, 5) is 0. The molecule has 3 rings (SSSR count). The molecule has 4 heteroatoms. The summed E-state index contributed by atoms with van der Waals surface area (Å²) in [6.07, 6.45) is 1.79. The molecule has 3 aromatic rings. The van der Waals surface area contributed by atoms with Gasteiger partial charge in [-0.3, -0.25) is 0 Å². The Hall–Kier alpha value is -2.78. The summed E-state index contributed by atoms with van der Waals surface area (Å²) in [7, 11) is 0. The van der Waals surface area contributed by atoms with E-state index in [4.69, 9.17) is 16.3 Å². The van der Waals surface area contributed by atoms with Crippen molar-refractivity contribution in [1.82, 2.24) is 5.43 Å². The first-order valence-electron chi connectivity index (χ1n) is 8.48. The van der Waals surface area contributed by atoms with Crippen LogP contribution in [0, 0.1) is 6.92 Å². The Bertz CT molecular complexity index is 858. The molecule has 132 valence electrons. The molecule has 1 N–H and O–H groups in total. The van der Waals surface area contributed by atoms with E-state index in [1.165, 1.54) is 5.56 Å². The maximum atomic E-state index is 5.88. The van der Waals surface area contributed by atoms with E-state index in [0.717, 1.165) is 27.5 Å². The number of halogens is 1. The fourth-order valence-electron chi connectivity index (χ4n) is 2.39. The van der Waals surface area contributed by atoms with Gasteiger partial charge in [0.05, 0.1) is 12.8 Å². The first kappa shape index (κ1) is 18.0. The molecule has 0 spiro atoms. The highest BCUT2D eigenvalue weighted by Crippen LogP contribution is 2.15. The summed E-state index contributed by atoms with van der Waals surface area (Å²) in [6, 6.07) is 23.9. The van der Waals surface area contributed by atoms with Crippen LogP contribution in [0.3, 0.4) is 0 Å². The summed E-state index contributed by atoms with van der Waals surface area (Å²) >= 11 is 5.88. The number of aryl methyl sites for hydroxylation is 1. The molecular weight excluding hydrogens is 344 g/mol. The number of benzene rings is 3. The number of rotatable bonds is 7. The fourth-order valence-corrected chi connectivity index (χ4v) is 2.52. The molecule has 0 bridgehead atoms. The van der Waals surface area contributed by atoms with Gasteiger partial charge >= 0.3 is 0 Å². The SMILES string of the molecule is Cc1ccc(COc2cccc(/C=N\NCc3ccc(Cl)cc3)c2)cc1. The van der Waals surface area contributed by atoms with Gasteiger partial charge in [0.2, 0.25) is 0 Å². The van der Waals surface area contributed by atoms with E-state index in [2.05, 4.69) is 41.7 Å². The zero-order valence-corrected chi connectivity index (χ0v) is 15.4. The molecule has 0 radical (unpaired) electrons. The standard InChI is InChI=1S/C22H21ClN2O/c1-17-5-7-19(8-6-17)16-26-22-4-2-3-20(13-22)15-25-24-14-18-9-11-21(23)12-10-18/h2-13,15,24H,14,16H2,1H3/b25-15-. The molecule has 0 aliphatic carbocycles. The number of nitrogens with one attached hydrogen (secondary N) is 1. The highest BCUT2D eigenvalue weighted by atomic mass is 35.5. The Labute approximate surface area is 159 Å². The molecular formula is C22H21ClN2O. The van der Waals surface area contributed by atoms with E-state index in [1.54, 1.807) is 6.21 Å². The molecule has 3 aromatic carbocycles. The second kappa shape index (κ2) is 9.07. The van der Waals surface area contributed by atoms with Crippen LogP contribution in [0.1, 0.15) is 22.3 Å². The van der Waals surface area contributed by atoms with Gasteiger partial charge in [-0.25, -0.2) is 0 Å². The van der Waals surface area contributed by atoms with Crippen LogP contribution in [0.5, 0.6) is 5.75 Å². The molecule has 0 aliphatic rings. The zero-order valence-electron chi connectivity index (χ0n) is 14.7. The van der Waals surface area contributed by atoms with Gasteiger partial charge in [0, 0.05) is 5.02 Å². The quantitative estimate of drug-likeness (QED) is 0.453. The lowest BCUT2D eigenvalue weighted by molar-refractivity contribution is 0.306. The average molecular weight is 365 g/mol. The molecule has 0 aliphatic heterocycles. The Balaban J connectivity index is 1.51. The minimum atomic E-state index is 0.551. The van der Waals surface area contributed by atoms with E-state index in [0.29, 0.717) is 13.2 Å². The van der Waals surface area contributed by atoms with Crippen LogP contribution in [-0.4, -0.2) is 6.21 Å². The van der Waals surface area contributed by atoms with Gasteiger partial charge in [-0.05, 0) is 47.9 Å². The van der Waals surface area contributed by atoms with Crippen molar-refractivity contribution < 1.29 is 4.74 Å². The van der Waals surface area contributed by atoms with Crippen molar-refractivity contribution in [2.75, 3.05) is 0 Å². The smallest absolute Gasteiger partial charge is 0.120 e. The minimum absolute atomic E-state index is 0.551. The normalized spacial score (nSPS) is 10.8. The molecule has 0 heterocycles. The highest BCUT2D eigenvalue weighted by Gasteiger charge is 1.98. The van der Waals surface area contributed by atoms with E-state index >= 15 is 0 Å². The second-order valence-electron chi connectivity index (χ2n) is 6.07. The largest absolute Gasteiger partial charge is 0.489 e. The van der Waals surface area contributed by atoms with Gasteiger partial charge in [0.1, 0.15) is 12.4 Å². The number of nitrogens with zero attached hydrogens (tertiary/aromatic N) is 1. The van der Waals surface area contributed by atoms with Crippen molar-refractivity contribution in [1.29, 1.82) is 0 Å². The molecule has 3 nitrogen and oxygen atoms in total. The van der Waals surface area contributed by atoms with E-state index in [-0.39, 0.29) is 0 Å². The molecule has 26 heavy (non-hydrogen) atoms. The van der Waals surface area contributed by atoms with Gasteiger partial charge in [-0.2, -0.15) is 5.10 Å². The van der Waals surface area contributed by atoms with Crippen LogP contribution in [-0.2, 0) is 13.2 Å². The lowest BCUT2D eigenvalue weighted by Gasteiger charge is -2.07. The van der Waals surface area contributed by atoms with Crippen LogP contribution < -0.4 is 10.2 Å². The molecule has 0 aromatic heterocycles. The summed E-state index contributed by atoms with van der Waals surface area (Å²) in [6.45, 7) is 3.28. The Kier molecular flexibility index (Phi) is 6.29.